The summed E-state index contributed by atoms with van der Waals surface area (Å²) in [5.74, 6) is 1.96. The number of hydrogen-bond acceptors (Lipinski definition) is 2. The summed E-state index contributed by atoms with van der Waals surface area (Å²) < 4.78 is 6.32. The van der Waals surface area contributed by atoms with Crippen LogP contribution in [-0.4, -0.2) is 12.6 Å². The predicted octanol–water partition coefficient (Wildman–Crippen LogP) is 3.68. The van der Waals surface area contributed by atoms with Gasteiger partial charge >= 0.3 is 0 Å². The normalized spacial score (nSPS) is 31.3. The van der Waals surface area contributed by atoms with Crippen molar-refractivity contribution in [1.29, 1.82) is 0 Å². The van der Waals surface area contributed by atoms with E-state index in [1.165, 1.54) is 31.2 Å². The quantitative estimate of drug-likeness (QED) is 0.877. The van der Waals surface area contributed by atoms with E-state index in [0.717, 1.165) is 18.1 Å². The molecule has 1 aromatic carbocycles. The first-order valence-corrected chi connectivity index (χ1v) is 7.15. The summed E-state index contributed by atoms with van der Waals surface area (Å²) in [5.41, 5.74) is 1.32. The van der Waals surface area contributed by atoms with Crippen LogP contribution in [0.15, 0.2) is 24.3 Å². The van der Waals surface area contributed by atoms with Crippen molar-refractivity contribution < 1.29 is 4.74 Å². The lowest BCUT2D eigenvalue weighted by molar-refractivity contribution is 0.0134. The van der Waals surface area contributed by atoms with Gasteiger partial charge in [0.15, 0.2) is 0 Å². The van der Waals surface area contributed by atoms with Gasteiger partial charge in [-0.1, -0.05) is 37.5 Å². The van der Waals surface area contributed by atoms with Gasteiger partial charge in [-0.05, 0) is 32.4 Å². The Kier molecular flexibility index (Phi) is 3.06. The van der Waals surface area contributed by atoms with Gasteiger partial charge in [0.1, 0.15) is 11.4 Å². The van der Waals surface area contributed by atoms with Crippen molar-refractivity contribution in [2.24, 2.45) is 5.92 Å². The van der Waals surface area contributed by atoms with Gasteiger partial charge in [-0.25, -0.2) is 0 Å². The number of benzene rings is 1. The summed E-state index contributed by atoms with van der Waals surface area (Å²) in [5, 5.41) is 3.44. The largest absolute Gasteiger partial charge is 0.487 e. The van der Waals surface area contributed by atoms with E-state index in [2.05, 4.69) is 43.6 Å². The van der Waals surface area contributed by atoms with E-state index in [9.17, 15) is 0 Å². The average Bonchev–Trinajstić information content (AvgIpc) is 2.33. The SMILES string of the molecule is CNC1CC(C)(CC2CCC2)Oc2ccccc21. The van der Waals surface area contributed by atoms with Gasteiger partial charge in [0.2, 0.25) is 0 Å². The third-order valence-corrected chi connectivity index (χ3v) is 4.58. The van der Waals surface area contributed by atoms with Gasteiger partial charge in [0.05, 0.1) is 0 Å². The maximum Gasteiger partial charge on any atom is 0.124 e. The van der Waals surface area contributed by atoms with Crippen LogP contribution in [0.4, 0.5) is 0 Å². The van der Waals surface area contributed by atoms with Gasteiger partial charge in [-0.15, -0.1) is 0 Å². The molecule has 0 radical (unpaired) electrons. The molecule has 1 fully saturated rings. The smallest absolute Gasteiger partial charge is 0.124 e. The zero-order valence-corrected chi connectivity index (χ0v) is 11.4. The molecule has 0 amide bonds. The van der Waals surface area contributed by atoms with Gasteiger partial charge in [-0.3, -0.25) is 0 Å². The Morgan fingerprint density at radius 3 is 2.78 bits per heavy atom. The molecule has 2 unspecified atom stereocenters. The zero-order chi connectivity index (χ0) is 12.6. The highest BCUT2D eigenvalue weighted by Gasteiger charge is 2.39. The van der Waals surface area contributed by atoms with Gasteiger partial charge in [-0.2, -0.15) is 0 Å². The van der Waals surface area contributed by atoms with Crippen molar-refractivity contribution in [1.82, 2.24) is 5.32 Å². The zero-order valence-electron chi connectivity index (χ0n) is 11.4. The highest BCUT2D eigenvalue weighted by molar-refractivity contribution is 5.38. The van der Waals surface area contributed by atoms with E-state index in [1.807, 2.05) is 0 Å². The molecule has 2 aliphatic rings. The first kappa shape index (κ1) is 12.0. The molecule has 0 saturated heterocycles. The second-order valence-corrected chi connectivity index (χ2v) is 6.14. The molecular formula is C16H23NO. The molecule has 18 heavy (non-hydrogen) atoms. The Bertz CT molecular complexity index is 427. The minimum absolute atomic E-state index is 0.00706. The molecule has 1 aliphatic carbocycles. The van der Waals surface area contributed by atoms with Crippen LogP contribution in [0, 0.1) is 5.92 Å². The number of ether oxygens (including phenoxy) is 1. The lowest BCUT2D eigenvalue weighted by atomic mass is 9.74. The number of nitrogens with one attached hydrogen (secondary N) is 1. The van der Waals surface area contributed by atoms with Crippen molar-refractivity contribution in [2.75, 3.05) is 7.05 Å². The van der Waals surface area contributed by atoms with E-state index < -0.39 is 0 Å². The fourth-order valence-electron chi connectivity index (χ4n) is 3.40. The first-order chi connectivity index (χ1) is 8.70. The molecule has 0 spiro atoms. The Balaban J connectivity index is 1.83. The minimum Gasteiger partial charge on any atom is -0.487 e. The molecule has 1 aromatic rings. The van der Waals surface area contributed by atoms with Gasteiger partial charge < -0.3 is 10.1 Å². The first-order valence-electron chi connectivity index (χ1n) is 7.15. The molecule has 1 N–H and O–H groups in total. The van der Waals surface area contributed by atoms with Crippen LogP contribution < -0.4 is 10.1 Å². The maximum absolute atomic E-state index is 6.32. The van der Waals surface area contributed by atoms with Crippen LogP contribution in [0.3, 0.4) is 0 Å². The summed E-state index contributed by atoms with van der Waals surface area (Å²) in [6.45, 7) is 2.28. The Labute approximate surface area is 110 Å². The summed E-state index contributed by atoms with van der Waals surface area (Å²) in [4.78, 5) is 0. The van der Waals surface area contributed by atoms with Crippen LogP contribution in [0.25, 0.3) is 0 Å². The fraction of sp³-hybridized carbons (Fsp3) is 0.625. The van der Waals surface area contributed by atoms with Crippen LogP contribution in [0.5, 0.6) is 5.75 Å². The third kappa shape index (κ3) is 2.14. The Morgan fingerprint density at radius 2 is 2.11 bits per heavy atom. The van der Waals surface area contributed by atoms with Crippen molar-refractivity contribution in [3.8, 4) is 5.75 Å². The molecule has 1 saturated carbocycles. The molecule has 2 heteroatoms. The monoisotopic (exact) mass is 245 g/mol. The van der Waals surface area contributed by atoms with Crippen molar-refractivity contribution >= 4 is 0 Å². The van der Waals surface area contributed by atoms with Gasteiger partial charge in [0.25, 0.3) is 0 Å². The van der Waals surface area contributed by atoms with Crippen LogP contribution >= 0.6 is 0 Å². The van der Waals surface area contributed by atoms with E-state index in [4.69, 9.17) is 4.74 Å². The molecule has 0 aromatic heterocycles. The fourth-order valence-corrected chi connectivity index (χ4v) is 3.40. The van der Waals surface area contributed by atoms with E-state index >= 15 is 0 Å². The summed E-state index contributed by atoms with van der Waals surface area (Å²) in [6.07, 6.45) is 6.49. The highest BCUT2D eigenvalue weighted by atomic mass is 16.5. The molecule has 98 valence electrons. The summed E-state index contributed by atoms with van der Waals surface area (Å²) in [7, 11) is 2.05. The topological polar surface area (TPSA) is 21.3 Å². The van der Waals surface area contributed by atoms with Crippen molar-refractivity contribution in [2.45, 2.75) is 50.7 Å². The Hall–Kier alpha value is -1.02. The lowest BCUT2D eigenvalue weighted by Crippen LogP contribution is -2.43. The van der Waals surface area contributed by atoms with Crippen LogP contribution in [0.1, 0.15) is 50.6 Å². The van der Waals surface area contributed by atoms with E-state index in [-0.39, 0.29) is 5.60 Å². The molecular weight excluding hydrogens is 222 g/mol. The molecule has 2 atom stereocenters. The number of para-hydroxylation sites is 1. The van der Waals surface area contributed by atoms with E-state index in [0.29, 0.717) is 6.04 Å². The average molecular weight is 245 g/mol. The summed E-state index contributed by atoms with van der Waals surface area (Å²) in [6, 6.07) is 8.89. The molecule has 3 rings (SSSR count). The van der Waals surface area contributed by atoms with Crippen molar-refractivity contribution in [3.05, 3.63) is 29.8 Å². The standard InChI is InChI=1S/C16H23NO/c1-16(10-12-6-5-7-12)11-14(17-2)13-8-3-4-9-15(13)18-16/h3-4,8-9,12,14,17H,5-7,10-11H2,1-2H3. The minimum atomic E-state index is 0.00706. The second-order valence-electron chi connectivity index (χ2n) is 6.14. The Morgan fingerprint density at radius 1 is 1.33 bits per heavy atom. The lowest BCUT2D eigenvalue weighted by Gasteiger charge is -2.43. The van der Waals surface area contributed by atoms with E-state index in [1.54, 1.807) is 0 Å². The molecule has 0 bridgehead atoms. The number of rotatable bonds is 3. The molecule has 1 heterocycles. The predicted molar refractivity (Wildman–Crippen MR) is 73.9 cm³/mol. The number of fused-ring (bicyclic) bond motifs is 1. The second kappa shape index (κ2) is 4.58. The molecule has 1 aliphatic heterocycles. The van der Waals surface area contributed by atoms with Crippen LogP contribution in [-0.2, 0) is 0 Å². The highest BCUT2D eigenvalue weighted by Crippen LogP contribution is 2.44. The summed E-state index contributed by atoms with van der Waals surface area (Å²) >= 11 is 0. The molecule has 2 nitrogen and oxygen atoms in total. The third-order valence-electron chi connectivity index (χ3n) is 4.58. The maximum atomic E-state index is 6.32. The van der Waals surface area contributed by atoms with Gasteiger partial charge in [0, 0.05) is 18.0 Å². The van der Waals surface area contributed by atoms with Crippen LogP contribution in [0.2, 0.25) is 0 Å². The van der Waals surface area contributed by atoms with Crippen molar-refractivity contribution in [3.63, 3.8) is 0 Å². The number of hydrogen-bond donors (Lipinski definition) is 1.